The average molecular weight is 263 g/mol. The number of hydrogen-bond acceptors (Lipinski definition) is 3. The summed E-state index contributed by atoms with van der Waals surface area (Å²) in [6.07, 6.45) is 3.05. The molecule has 0 aliphatic carbocycles. The Balaban J connectivity index is 1.98. The van der Waals surface area contributed by atoms with Gasteiger partial charge in [-0.05, 0) is 34.9 Å². The largest absolute Gasteiger partial charge is 0.347 e. The zero-order chi connectivity index (χ0) is 13.0. The Morgan fingerprint density at radius 3 is 2.94 bits per heavy atom. The van der Waals surface area contributed by atoms with Crippen LogP contribution in [0.3, 0.4) is 0 Å². The molecular weight excluding hydrogens is 246 g/mol. The van der Waals surface area contributed by atoms with Gasteiger partial charge in [0.25, 0.3) is 0 Å². The van der Waals surface area contributed by atoms with Crippen LogP contribution in [0, 0.1) is 0 Å². The second kappa shape index (κ2) is 5.82. The van der Waals surface area contributed by atoms with Gasteiger partial charge in [0.1, 0.15) is 0 Å². The third-order valence-electron chi connectivity index (χ3n) is 2.90. The van der Waals surface area contributed by atoms with Crippen molar-refractivity contribution in [1.82, 2.24) is 15.1 Å². The number of hydrogen-bond donors (Lipinski definition) is 1. The maximum Gasteiger partial charge on any atom is 0.224 e. The van der Waals surface area contributed by atoms with E-state index in [9.17, 15) is 4.79 Å². The molecule has 0 bridgehead atoms. The van der Waals surface area contributed by atoms with Crippen LogP contribution in [0.5, 0.6) is 0 Å². The lowest BCUT2D eigenvalue weighted by Crippen LogP contribution is -2.30. The normalized spacial score (nSPS) is 12.3. The van der Waals surface area contributed by atoms with Crippen LogP contribution in [-0.4, -0.2) is 15.7 Å². The Hall–Kier alpha value is -1.62. The number of nitrogens with one attached hydrogen (secondary N) is 1. The lowest BCUT2D eigenvalue weighted by molar-refractivity contribution is -0.121. The second-order valence-corrected chi connectivity index (χ2v) is 5.00. The predicted octanol–water partition coefficient (Wildman–Crippen LogP) is 2.29. The molecule has 0 spiro atoms. The van der Waals surface area contributed by atoms with E-state index in [2.05, 4.69) is 17.3 Å². The van der Waals surface area contributed by atoms with Gasteiger partial charge in [0.15, 0.2) is 0 Å². The standard InChI is InChI=1S/C13H17N3OS/c1-3-11(12-4-6-14-16(12)2)15-13(17)8-10-5-7-18-9-10/h4-7,9,11H,3,8H2,1-2H3,(H,15,17)/t11-/m1/s1. The first-order valence-electron chi connectivity index (χ1n) is 5.99. The van der Waals surface area contributed by atoms with Crippen molar-refractivity contribution in [1.29, 1.82) is 0 Å². The third-order valence-corrected chi connectivity index (χ3v) is 3.64. The molecule has 0 unspecified atom stereocenters. The summed E-state index contributed by atoms with van der Waals surface area (Å²) in [5.74, 6) is 0.0569. The first-order chi connectivity index (χ1) is 8.70. The van der Waals surface area contributed by atoms with Gasteiger partial charge in [0.05, 0.1) is 18.2 Å². The van der Waals surface area contributed by atoms with Crippen LogP contribution in [0.2, 0.25) is 0 Å². The van der Waals surface area contributed by atoms with Gasteiger partial charge in [-0.15, -0.1) is 0 Å². The SMILES string of the molecule is CC[C@@H](NC(=O)Cc1ccsc1)c1ccnn1C. The predicted molar refractivity (Wildman–Crippen MR) is 72.4 cm³/mol. The van der Waals surface area contributed by atoms with E-state index in [1.807, 2.05) is 29.9 Å². The molecule has 1 atom stereocenters. The Labute approximate surface area is 111 Å². The Morgan fingerprint density at radius 1 is 1.56 bits per heavy atom. The van der Waals surface area contributed by atoms with E-state index in [1.54, 1.807) is 22.2 Å². The van der Waals surface area contributed by atoms with Gasteiger partial charge < -0.3 is 5.32 Å². The van der Waals surface area contributed by atoms with Crippen LogP contribution in [0.25, 0.3) is 0 Å². The van der Waals surface area contributed by atoms with Gasteiger partial charge in [0.2, 0.25) is 5.91 Å². The molecule has 1 amide bonds. The maximum absolute atomic E-state index is 12.0. The number of carbonyl (C=O) groups excluding carboxylic acids is 1. The number of aryl methyl sites for hydroxylation is 1. The molecule has 96 valence electrons. The van der Waals surface area contributed by atoms with Gasteiger partial charge >= 0.3 is 0 Å². The smallest absolute Gasteiger partial charge is 0.224 e. The van der Waals surface area contributed by atoms with Crippen LogP contribution in [0.15, 0.2) is 29.1 Å². The summed E-state index contributed by atoms with van der Waals surface area (Å²) >= 11 is 1.61. The molecule has 2 aromatic rings. The fourth-order valence-electron chi connectivity index (χ4n) is 1.94. The van der Waals surface area contributed by atoms with Crippen LogP contribution in [0.4, 0.5) is 0 Å². The quantitative estimate of drug-likeness (QED) is 0.899. The van der Waals surface area contributed by atoms with E-state index >= 15 is 0 Å². The van der Waals surface area contributed by atoms with Crippen LogP contribution < -0.4 is 5.32 Å². The number of nitrogens with zero attached hydrogens (tertiary/aromatic N) is 2. The summed E-state index contributed by atoms with van der Waals surface area (Å²) in [4.78, 5) is 12.0. The van der Waals surface area contributed by atoms with E-state index < -0.39 is 0 Å². The molecule has 0 aromatic carbocycles. The fraction of sp³-hybridized carbons (Fsp3) is 0.385. The summed E-state index contributed by atoms with van der Waals surface area (Å²) in [5.41, 5.74) is 2.11. The first kappa shape index (κ1) is 12.8. The second-order valence-electron chi connectivity index (χ2n) is 4.22. The van der Waals surface area contributed by atoms with Crippen molar-refractivity contribution < 1.29 is 4.79 Å². The molecule has 0 radical (unpaired) electrons. The number of rotatable bonds is 5. The molecule has 0 saturated heterocycles. The minimum Gasteiger partial charge on any atom is -0.347 e. The highest BCUT2D eigenvalue weighted by Crippen LogP contribution is 2.15. The minimum absolute atomic E-state index is 0.0311. The third kappa shape index (κ3) is 2.98. The molecule has 0 aliphatic rings. The minimum atomic E-state index is 0.0311. The zero-order valence-electron chi connectivity index (χ0n) is 10.6. The Bertz CT molecular complexity index is 504. The topological polar surface area (TPSA) is 46.9 Å². The first-order valence-corrected chi connectivity index (χ1v) is 6.93. The van der Waals surface area contributed by atoms with E-state index in [0.717, 1.165) is 17.7 Å². The van der Waals surface area contributed by atoms with E-state index in [1.165, 1.54) is 0 Å². The van der Waals surface area contributed by atoms with Crippen molar-refractivity contribution in [3.8, 4) is 0 Å². The van der Waals surface area contributed by atoms with E-state index in [-0.39, 0.29) is 11.9 Å². The lowest BCUT2D eigenvalue weighted by Gasteiger charge is -2.17. The van der Waals surface area contributed by atoms with Crippen LogP contribution in [-0.2, 0) is 18.3 Å². The molecule has 2 rings (SSSR count). The van der Waals surface area contributed by atoms with Gasteiger partial charge in [0, 0.05) is 13.2 Å². The average Bonchev–Trinajstić information content (AvgIpc) is 2.98. The van der Waals surface area contributed by atoms with Crippen LogP contribution in [0.1, 0.15) is 30.6 Å². The number of thiophene rings is 1. The van der Waals surface area contributed by atoms with Crippen LogP contribution >= 0.6 is 11.3 Å². The van der Waals surface area contributed by atoms with Gasteiger partial charge in [-0.1, -0.05) is 6.92 Å². The van der Waals surface area contributed by atoms with Gasteiger partial charge in [-0.3, -0.25) is 9.48 Å². The zero-order valence-corrected chi connectivity index (χ0v) is 11.4. The number of carbonyl (C=O) groups is 1. The summed E-state index contributed by atoms with van der Waals surface area (Å²) in [6.45, 7) is 2.06. The molecule has 1 N–H and O–H groups in total. The molecule has 0 saturated carbocycles. The number of aromatic nitrogens is 2. The van der Waals surface area contributed by atoms with Crippen molar-refractivity contribution in [2.24, 2.45) is 7.05 Å². The van der Waals surface area contributed by atoms with E-state index in [4.69, 9.17) is 0 Å². The summed E-state index contributed by atoms with van der Waals surface area (Å²) in [6, 6.07) is 3.96. The highest BCUT2D eigenvalue weighted by atomic mass is 32.1. The monoisotopic (exact) mass is 263 g/mol. The van der Waals surface area contributed by atoms with Crippen molar-refractivity contribution in [2.45, 2.75) is 25.8 Å². The van der Waals surface area contributed by atoms with Crippen molar-refractivity contribution in [3.63, 3.8) is 0 Å². The summed E-state index contributed by atoms with van der Waals surface area (Å²) in [5, 5.41) is 11.2. The van der Waals surface area contributed by atoms with E-state index in [0.29, 0.717) is 6.42 Å². The summed E-state index contributed by atoms with van der Waals surface area (Å²) < 4.78 is 1.80. The molecule has 2 aromatic heterocycles. The molecule has 18 heavy (non-hydrogen) atoms. The summed E-state index contributed by atoms with van der Waals surface area (Å²) in [7, 11) is 1.89. The lowest BCUT2D eigenvalue weighted by atomic mass is 10.1. The maximum atomic E-state index is 12.0. The Morgan fingerprint density at radius 2 is 2.39 bits per heavy atom. The molecule has 2 heterocycles. The molecule has 5 heteroatoms. The number of amides is 1. The molecule has 4 nitrogen and oxygen atoms in total. The van der Waals surface area contributed by atoms with Gasteiger partial charge in [-0.2, -0.15) is 16.4 Å². The fourth-order valence-corrected chi connectivity index (χ4v) is 2.60. The molecular formula is C13H17N3OS. The molecule has 0 aliphatic heterocycles. The van der Waals surface area contributed by atoms with Crippen molar-refractivity contribution in [3.05, 3.63) is 40.3 Å². The van der Waals surface area contributed by atoms with Gasteiger partial charge in [-0.25, -0.2) is 0 Å². The van der Waals surface area contributed by atoms with Crippen molar-refractivity contribution in [2.75, 3.05) is 0 Å². The highest BCUT2D eigenvalue weighted by molar-refractivity contribution is 7.07. The Kier molecular flexibility index (Phi) is 4.15. The van der Waals surface area contributed by atoms with Crippen molar-refractivity contribution >= 4 is 17.2 Å². The molecule has 0 fully saturated rings. The highest BCUT2D eigenvalue weighted by Gasteiger charge is 2.15.